The minimum atomic E-state index is -0.555. The van der Waals surface area contributed by atoms with E-state index in [9.17, 15) is 9.59 Å². The average Bonchev–Trinajstić information content (AvgIpc) is 2.60. The van der Waals surface area contributed by atoms with Gasteiger partial charge in [-0.05, 0) is 50.2 Å². The molecule has 1 saturated carbocycles. The number of carbonyl (C=O) groups is 2. The lowest BCUT2D eigenvalue weighted by atomic mass is 9.74. The van der Waals surface area contributed by atoms with Gasteiger partial charge in [0, 0.05) is 20.0 Å². The highest BCUT2D eigenvalue weighted by molar-refractivity contribution is 5.96. The van der Waals surface area contributed by atoms with Crippen molar-refractivity contribution in [3.8, 4) is 5.75 Å². The Morgan fingerprint density at radius 2 is 1.96 bits per heavy atom. The predicted molar refractivity (Wildman–Crippen MR) is 88.0 cm³/mol. The van der Waals surface area contributed by atoms with Gasteiger partial charge in [-0.1, -0.05) is 12.1 Å². The van der Waals surface area contributed by atoms with Crippen molar-refractivity contribution in [2.75, 3.05) is 14.1 Å². The van der Waals surface area contributed by atoms with E-state index in [1.54, 1.807) is 36.6 Å². The third kappa shape index (κ3) is 2.98. The second-order valence-corrected chi connectivity index (χ2v) is 7.03. The first-order chi connectivity index (χ1) is 11.5. The zero-order chi connectivity index (χ0) is 17.3. The number of benzene rings is 1. The SMILES string of the molecule is CN(C)C(=O)C1CCC2(CCc3cccc(C(=O)NO)c3O2)CC1. The van der Waals surface area contributed by atoms with Crippen LogP contribution in [-0.2, 0) is 11.2 Å². The van der Waals surface area contributed by atoms with Crippen LogP contribution in [0.3, 0.4) is 0 Å². The van der Waals surface area contributed by atoms with E-state index in [4.69, 9.17) is 9.94 Å². The summed E-state index contributed by atoms with van der Waals surface area (Å²) in [4.78, 5) is 25.7. The first kappa shape index (κ1) is 16.8. The zero-order valence-electron chi connectivity index (χ0n) is 14.2. The first-order valence-electron chi connectivity index (χ1n) is 8.42. The van der Waals surface area contributed by atoms with Gasteiger partial charge in [0.2, 0.25) is 5.91 Å². The molecule has 1 aliphatic heterocycles. The third-order valence-electron chi connectivity index (χ3n) is 5.30. The molecule has 1 heterocycles. The van der Waals surface area contributed by atoms with Crippen LogP contribution in [0.25, 0.3) is 0 Å². The van der Waals surface area contributed by atoms with Gasteiger partial charge < -0.3 is 9.64 Å². The summed E-state index contributed by atoms with van der Waals surface area (Å²) in [6.07, 6.45) is 4.97. The molecule has 0 radical (unpaired) electrons. The Balaban J connectivity index is 1.78. The molecule has 1 aromatic carbocycles. The van der Waals surface area contributed by atoms with E-state index in [0.29, 0.717) is 11.3 Å². The number of para-hydroxylation sites is 1. The molecule has 1 spiro atoms. The molecule has 3 rings (SSSR count). The number of nitrogens with zero attached hydrogens (tertiary/aromatic N) is 1. The Kier molecular flexibility index (Phi) is 4.49. The molecular weight excluding hydrogens is 308 g/mol. The molecule has 130 valence electrons. The van der Waals surface area contributed by atoms with Crippen molar-refractivity contribution in [3.05, 3.63) is 29.3 Å². The van der Waals surface area contributed by atoms with E-state index in [1.165, 1.54) is 0 Å². The normalized spacial score (nSPS) is 25.5. The number of rotatable bonds is 2. The van der Waals surface area contributed by atoms with E-state index in [2.05, 4.69) is 0 Å². The molecule has 6 heteroatoms. The highest BCUT2D eigenvalue weighted by atomic mass is 16.5. The number of hydroxylamine groups is 1. The van der Waals surface area contributed by atoms with Gasteiger partial charge in [-0.3, -0.25) is 14.8 Å². The smallest absolute Gasteiger partial charge is 0.278 e. The van der Waals surface area contributed by atoms with Crippen LogP contribution >= 0.6 is 0 Å². The number of ether oxygens (including phenoxy) is 1. The fraction of sp³-hybridized carbons (Fsp3) is 0.556. The monoisotopic (exact) mass is 332 g/mol. The van der Waals surface area contributed by atoms with E-state index < -0.39 is 5.91 Å². The largest absolute Gasteiger partial charge is 0.486 e. The summed E-state index contributed by atoms with van der Waals surface area (Å²) >= 11 is 0. The van der Waals surface area contributed by atoms with Gasteiger partial charge in [0.15, 0.2) is 0 Å². The lowest BCUT2D eigenvalue weighted by molar-refractivity contribution is -0.135. The minimum absolute atomic E-state index is 0.0617. The van der Waals surface area contributed by atoms with Crippen LogP contribution in [0.1, 0.15) is 48.0 Å². The number of fused-ring (bicyclic) bond motifs is 1. The maximum atomic E-state index is 12.2. The average molecular weight is 332 g/mol. The fourth-order valence-electron chi connectivity index (χ4n) is 3.88. The summed E-state index contributed by atoms with van der Waals surface area (Å²) in [5.41, 5.74) is 2.74. The Morgan fingerprint density at radius 3 is 2.58 bits per heavy atom. The highest BCUT2D eigenvalue weighted by Gasteiger charge is 2.42. The number of hydrogen-bond acceptors (Lipinski definition) is 4. The van der Waals surface area contributed by atoms with Gasteiger partial charge >= 0.3 is 0 Å². The van der Waals surface area contributed by atoms with Crippen LogP contribution in [-0.4, -0.2) is 41.6 Å². The van der Waals surface area contributed by atoms with Gasteiger partial charge in [0.1, 0.15) is 11.4 Å². The van der Waals surface area contributed by atoms with Gasteiger partial charge in [0.05, 0.1) is 5.56 Å². The summed E-state index contributed by atoms with van der Waals surface area (Å²) in [5.74, 6) is 0.265. The van der Waals surface area contributed by atoms with E-state index >= 15 is 0 Å². The predicted octanol–water partition coefficient (Wildman–Crippen LogP) is 2.15. The first-order valence-corrected chi connectivity index (χ1v) is 8.42. The number of amides is 2. The highest BCUT2D eigenvalue weighted by Crippen LogP contribution is 2.44. The molecular formula is C18H24N2O4. The van der Waals surface area contributed by atoms with Gasteiger partial charge in [-0.25, -0.2) is 5.48 Å². The Bertz CT molecular complexity index is 648. The lowest BCUT2D eigenvalue weighted by Crippen LogP contribution is -2.45. The number of hydrogen-bond donors (Lipinski definition) is 2. The molecule has 2 aliphatic rings. The molecule has 0 aromatic heterocycles. The van der Waals surface area contributed by atoms with Crippen molar-refractivity contribution in [2.24, 2.45) is 5.92 Å². The molecule has 0 atom stereocenters. The lowest BCUT2D eigenvalue weighted by Gasteiger charge is -2.44. The Morgan fingerprint density at radius 1 is 1.25 bits per heavy atom. The van der Waals surface area contributed by atoms with Gasteiger partial charge in [-0.15, -0.1) is 0 Å². The molecule has 1 fully saturated rings. The van der Waals surface area contributed by atoms with Crippen LogP contribution in [0.15, 0.2) is 18.2 Å². The molecule has 0 bridgehead atoms. The van der Waals surface area contributed by atoms with E-state index in [0.717, 1.165) is 44.1 Å². The Labute approximate surface area is 141 Å². The second-order valence-electron chi connectivity index (χ2n) is 7.03. The maximum Gasteiger partial charge on any atom is 0.278 e. The van der Waals surface area contributed by atoms with Gasteiger partial charge in [0.25, 0.3) is 5.91 Å². The van der Waals surface area contributed by atoms with E-state index in [-0.39, 0.29) is 17.4 Å². The molecule has 6 nitrogen and oxygen atoms in total. The number of nitrogens with one attached hydrogen (secondary N) is 1. The molecule has 1 aliphatic carbocycles. The van der Waals surface area contributed by atoms with Crippen molar-refractivity contribution in [3.63, 3.8) is 0 Å². The molecule has 0 unspecified atom stereocenters. The second kappa shape index (κ2) is 6.43. The van der Waals surface area contributed by atoms with Crippen LogP contribution in [0, 0.1) is 5.92 Å². The minimum Gasteiger partial charge on any atom is -0.486 e. The van der Waals surface area contributed by atoms with Crippen molar-refractivity contribution in [1.82, 2.24) is 10.4 Å². The van der Waals surface area contributed by atoms with Crippen molar-refractivity contribution < 1.29 is 19.5 Å². The van der Waals surface area contributed by atoms with Crippen molar-refractivity contribution >= 4 is 11.8 Å². The van der Waals surface area contributed by atoms with Crippen LogP contribution in [0.2, 0.25) is 0 Å². The number of aryl methyl sites for hydroxylation is 1. The van der Waals surface area contributed by atoms with Gasteiger partial charge in [-0.2, -0.15) is 0 Å². The summed E-state index contributed by atoms with van der Waals surface area (Å²) in [6.45, 7) is 0. The summed E-state index contributed by atoms with van der Waals surface area (Å²) in [5, 5.41) is 8.94. The molecule has 0 saturated heterocycles. The standard InChI is InChI=1S/C18H24N2O4/c1-20(2)17(22)13-7-10-18(11-8-13)9-6-12-4-3-5-14(15(12)24-18)16(21)19-23/h3-5,13,23H,6-11H2,1-2H3,(H,19,21). The zero-order valence-corrected chi connectivity index (χ0v) is 14.2. The molecule has 2 amide bonds. The summed E-state index contributed by atoms with van der Waals surface area (Å²) in [6, 6.07) is 5.42. The summed E-state index contributed by atoms with van der Waals surface area (Å²) in [7, 11) is 3.58. The van der Waals surface area contributed by atoms with Crippen LogP contribution in [0.5, 0.6) is 5.75 Å². The van der Waals surface area contributed by atoms with E-state index in [1.807, 2.05) is 6.07 Å². The quantitative estimate of drug-likeness (QED) is 0.642. The maximum absolute atomic E-state index is 12.2. The molecule has 2 N–H and O–H groups in total. The number of carbonyl (C=O) groups excluding carboxylic acids is 2. The summed E-state index contributed by atoms with van der Waals surface area (Å²) < 4.78 is 6.31. The molecule has 24 heavy (non-hydrogen) atoms. The topological polar surface area (TPSA) is 78.9 Å². The third-order valence-corrected chi connectivity index (χ3v) is 5.30. The van der Waals surface area contributed by atoms with Crippen molar-refractivity contribution in [1.29, 1.82) is 0 Å². The van der Waals surface area contributed by atoms with Crippen LogP contribution < -0.4 is 10.2 Å². The Hall–Kier alpha value is -2.08. The molecule has 1 aromatic rings. The van der Waals surface area contributed by atoms with Crippen LogP contribution in [0.4, 0.5) is 0 Å². The fourth-order valence-corrected chi connectivity index (χ4v) is 3.88. The van der Waals surface area contributed by atoms with Crippen molar-refractivity contribution in [2.45, 2.75) is 44.1 Å².